The molecule has 0 bridgehead atoms. The van der Waals surface area contributed by atoms with Crippen molar-refractivity contribution < 1.29 is 9.53 Å². The average Bonchev–Trinajstić information content (AvgIpc) is 2.80. The fourth-order valence-electron chi connectivity index (χ4n) is 1.94. The number of amides is 1. The molecular weight excluding hydrogens is 397 g/mol. The molecule has 92 valence electrons. The Hall–Kier alpha value is -0.140. The van der Waals surface area contributed by atoms with Crippen LogP contribution in [0, 0.1) is 3.57 Å². The van der Waals surface area contributed by atoms with Crippen molar-refractivity contribution >= 4 is 44.4 Å². The van der Waals surface area contributed by atoms with Crippen molar-refractivity contribution in [3.63, 3.8) is 0 Å². The van der Waals surface area contributed by atoms with Crippen LogP contribution in [0.3, 0.4) is 0 Å². The Bertz CT molecular complexity index is 439. The molecule has 1 fully saturated rings. The fraction of sp³-hybridized carbons (Fsp3) is 0.417. The minimum absolute atomic E-state index is 0.0928. The lowest BCUT2D eigenvalue weighted by molar-refractivity contribution is 0.0723. The molecule has 0 spiro atoms. The van der Waals surface area contributed by atoms with Gasteiger partial charge in [-0.15, -0.1) is 0 Å². The smallest absolute Gasteiger partial charge is 0.255 e. The zero-order valence-corrected chi connectivity index (χ0v) is 13.2. The highest BCUT2D eigenvalue weighted by Gasteiger charge is 2.27. The second-order valence-electron chi connectivity index (χ2n) is 4.02. The SMILES string of the molecule is COC1CCN(C(=O)c2cc(Br)ccc2I)C1. The Labute approximate surface area is 123 Å². The number of carbonyl (C=O) groups excluding carboxylic acids is 1. The molecular formula is C12H13BrINO2. The molecule has 1 saturated heterocycles. The van der Waals surface area contributed by atoms with Gasteiger partial charge in [-0.25, -0.2) is 0 Å². The van der Waals surface area contributed by atoms with Gasteiger partial charge in [0.15, 0.2) is 0 Å². The zero-order chi connectivity index (χ0) is 12.4. The summed E-state index contributed by atoms with van der Waals surface area (Å²) in [5, 5.41) is 0. The standard InChI is InChI=1S/C12H13BrINO2/c1-17-9-4-5-15(7-9)12(16)10-6-8(13)2-3-11(10)14/h2-3,6,9H,4-5,7H2,1H3. The summed E-state index contributed by atoms with van der Waals surface area (Å²) in [5.74, 6) is 0.0928. The van der Waals surface area contributed by atoms with Crippen LogP contribution in [0.1, 0.15) is 16.8 Å². The van der Waals surface area contributed by atoms with Crippen molar-refractivity contribution in [3.05, 3.63) is 31.8 Å². The first kappa shape index (κ1) is 13.3. The molecule has 1 unspecified atom stereocenters. The van der Waals surface area contributed by atoms with Crippen molar-refractivity contribution in [1.29, 1.82) is 0 Å². The van der Waals surface area contributed by atoms with Crippen LogP contribution in [0.15, 0.2) is 22.7 Å². The van der Waals surface area contributed by atoms with E-state index in [1.54, 1.807) is 7.11 Å². The van der Waals surface area contributed by atoms with Crippen molar-refractivity contribution in [3.8, 4) is 0 Å². The first-order valence-corrected chi connectivity index (χ1v) is 7.26. The van der Waals surface area contributed by atoms with Crippen molar-refractivity contribution in [2.24, 2.45) is 0 Å². The monoisotopic (exact) mass is 409 g/mol. The van der Waals surface area contributed by atoms with Gasteiger partial charge < -0.3 is 9.64 Å². The van der Waals surface area contributed by atoms with Crippen molar-refractivity contribution in [1.82, 2.24) is 4.90 Å². The van der Waals surface area contributed by atoms with Crippen LogP contribution in [0.4, 0.5) is 0 Å². The third-order valence-corrected chi connectivity index (χ3v) is 4.36. The van der Waals surface area contributed by atoms with Gasteiger partial charge in [-0.1, -0.05) is 15.9 Å². The topological polar surface area (TPSA) is 29.5 Å². The predicted molar refractivity (Wildman–Crippen MR) is 78.2 cm³/mol. The summed E-state index contributed by atoms with van der Waals surface area (Å²) in [4.78, 5) is 14.2. The van der Waals surface area contributed by atoms with Crippen LogP contribution >= 0.6 is 38.5 Å². The van der Waals surface area contributed by atoms with Crippen molar-refractivity contribution in [2.45, 2.75) is 12.5 Å². The lowest BCUT2D eigenvalue weighted by atomic mass is 10.2. The van der Waals surface area contributed by atoms with E-state index in [1.807, 2.05) is 23.1 Å². The van der Waals surface area contributed by atoms with E-state index in [0.29, 0.717) is 6.54 Å². The lowest BCUT2D eigenvalue weighted by Gasteiger charge is -2.17. The summed E-state index contributed by atoms with van der Waals surface area (Å²) >= 11 is 5.59. The molecule has 2 rings (SSSR count). The third kappa shape index (κ3) is 3.00. The molecule has 0 radical (unpaired) electrons. The quantitative estimate of drug-likeness (QED) is 0.703. The summed E-state index contributed by atoms with van der Waals surface area (Å²) in [6, 6.07) is 5.77. The molecule has 17 heavy (non-hydrogen) atoms. The summed E-state index contributed by atoms with van der Waals surface area (Å²) in [6.45, 7) is 1.47. The maximum Gasteiger partial charge on any atom is 0.255 e. The minimum atomic E-state index is 0.0928. The van der Waals surface area contributed by atoms with Gasteiger partial charge in [0, 0.05) is 28.2 Å². The van der Waals surface area contributed by atoms with Gasteiger partial charge in [0.05, 0.1) is 11.7 Å². The number of ether oxygens (including phenoxy) is 1. The van der Waals surface area contributed by atoms with E-state index in [0.717, 1.165) is 26.6 Å². The molecule has 1 aliphatic rings. The number of rotatable bonds is 2. The number of likely N-dealkylation sites (tertiary alicyclic amines) is 1. The second-order valence-corrected chi connectivity index (χ2v) is 6.10. The van der Waals surface area contributed by atoms with E-state index in [9.17, 15) is 4.79 Å². The molecule has 0 N–H and O–H groups in total. The van der Waals surface area contributed by atoms with Crippen LogP contribution in [-0.4, -0.2) is 37.1 Å². The third-order valence-electron chi connectivity index (χ3n) is 2.92. The van der Waals surface area contributed by atoms with E-state index >= 15 is 0 Å². The predicted octanol–water partition coefficient (Wildman–Crippen LogP) is 2.91. The summed E-state index contributed by atoms with van der Waals surface area (Å²) in [6.07, 6.45) is 1.11. The highest BCUT2D eigenvalue weighted by atomic mass is 127. The van der Waals surface area contributed by atoms with Gasteiger partial charge in [-0.2, -0.15) is 0 Å². The number of hydrogen-bond donors (Lipinski definition) is 0. The van der Waals surface area contributed by atoms with Crippen LogP contribution in [0.2, 0.25) is 0 Å². The molecule has 5 heteroatoms. The van der Waals surface area contributed by atoms with Gasteiger partial charge >= 0.3 is 0 Å². The van der Waals surface area contributed by atoms with Gasteiger partial charge in [0.1, 0.15) is 0 Å². The van der Waals surface area contributed by atoms with Crippen LogP contribution in [-0.2, 0) is 4.74 Å². The Morgan fingerprint density at radius 3 is 3.00 bits per heavy atom. The number of hydrogen-bond acceptors (Lipinski definition) is 2. The molecule has 1 aliphatic heterocycles. The number of halogens is 2. The van der Waals surface area contributed by atoms with Gasteiger partial charge in [0.2, 0.25) is 0 Å². The maximum absolute atomic E-state index is 12.3. The minimum Gasteiger partial charge on any atom is -0.380 e. The van der Waals surface area contributed by atoms with Gasteiger partial charge in [0.25, 0.3) is 5.91 Å². The normalized spacial score (nSPS) is 19.7. The van der Waals surface area contributed by atoms with Gasteiger partial charge in [-0.05, 0) is 47.2 Å². The first-order valence-electron chi connectivity index (χ1n) is 5.39. The molecule has 1 aromatic carbocycles. The molecule has 1 heterocycles. The molecule has 1 amide bonds. The van der Waals surface area contributed by atoms with E-state index in [1.165, 1.54) is 0 Å². The van der Waals surface area contributed by atoms with Crippen LogP contribution < -0.4 is 0 Å². The number of methoxy groups -OCH3 is 1. The summed E-state index contributed by atoms with van der Waals surface area (Å²) < 4.78 is 7.19. The number of nitrogens with zero attached hydrogens (tertiary/aromatic N) is 1. The van der Waals surface area contributed by atoms with E-state index in [4.69, 9.17) is 4.74 Å². The van der Waals surface area contributed by atoms with Crippen LogP contribution in [0.25, 0.3) is 0 Å². The number of benzene rings is 1. The maximum atomic E-state index is 12.3. The molecule has 1 aromatic rings. The summed E-state index contributed by atoms with van der Waals surface area (Å²) in [7, 11) is 1.70. The molecule has 0 aliphatic carbocycles. The molecule has 3 nitrogen and oxygen atoms in total. The number of carbonyl (C=O) groups is 1. The van der Waals surface area contributed by atoms with Gasteiger partial charge in [-0.3, -0.25) is 4.79 Å². The average molecular weight is 410 g/mol. The highest BCUT2D eigenvalue weighted by molar-refractivity contribution is 14.1. The van der Waals surface area contributed by atoms with E-state index in [-0.39, 0.29) is 12.0 Å². The molecule has 0 saturated carbocycles. The molecule has 0 aromatic heterocycles. The van der Waals surface area contributed by atoms with E-state index in [2.05, 4.69) is 38.5 Å². The Kier molecular flexibility index (Phi) is 4.43. The Balaban J connectivity index is 2.17. The van der Waals surface area contributed by atoms with E-state index < -0.39 is 0 Å². The largest absolute Gasteiger partial charge is 0.380 e. The summed E-state index contributed by atoms with van der Waals surface area (Å²) in [5.41, 5.74) is 0.761. The molecule has 1 atom stereocenters. The lowest BCUT2D eigenvalue weighted by Crippen LogP contribution is -2.30. The Morgan fingerprint density at radius 1 is 1.59 bits per heavy atom. The Morgan fingerprint density at radius 2 is 2.35 bits per heavy atom. The fourth-order valence-corrected chi connectivity index (χ4v) is 2.86. The highest BCUT2D eigenvalue weighted by Crippen LogP contribution is 2.22. The zero-order valence-electron chi connectivity index (χ0n) is 9.45. The first-order chi connectivity index (χ1) is 8.11. The van der Waals surface area contributed by atoms with Crippen LogP contribution in [0.5, 0.6) is 0 Å². The van der Waals surface area contributed by atoms with Crippen molar-refractivity contribution in [2.75, 3.05) is 20.2 Å². The second kappa shape index (κ2) is 5.67.